The number of nitrogens with one attached hydrogen (secondary N) is 1. The average molecular weight is 396 g/mol. The Bertz CT molecular complexity index is 1000. The Balaban J connectivity index is 1.76. The minimum Gasteiger partial charge on any atom is -0.489 e. The number of halogens is 1. The monoisotopic (exact) mass is 395 g/mol. The fourth-order valence-electron chi connectivity index (χ4n) is 3.04. The van der Waals surface area contributed by atoms with Gasteiger partial charge in [0.2, 0.25) is 0 Å². The predicted octanol–water partition coefficient (Wildman–Crippen LogP) is 5.85. The lowest BCUT2D eigenvalue weighted by Gasteiger charge is -2.15. The van der Waals surface area contributed by atoms with Gasteiger partial charge in [0, 0.05) is 22.8 Å². The number of carboxylic acids is 1. The van der Waals surface area contributed by atoms with Gasteiger partial charge in [-0.05, 0) is 55.3 Å². The maximum Gasteiger partial charge on any atom is 0.336 e. The Labute approximate surface area is 169 Å². The molecule has 3 aromatic carbocycles. The van der Waals surface area contributed by atoms with E-state index >= 15 is 0 Å². The van der Waals surface area contributed by atoms with Gasteiger partial charge in [0.25, 0.3) is 0 Å². The number of rotatable bonds is 7. The first kappa shape index (κ1) is 19.8. The van der Waals surface area contributed by atoms with Crippen LogP contribution in [-0.2, 0) is 13.2 Å². The number of anilines is 1. The van der Waals surface area contributed by atoms with Crippen LogP contribution >= 0.6 is 11.6 Å². The van der Waals surface area contributed by atoms with Gasteiger partial charge >= 0.3 is 5.97 Å². The summed E-state index contributed by atoms with van der Waals surface area (Å²) < 4.78 is 6.02. The quantitative estimate of drug-likeness (QED) is 0.527. The predicted molar refractivity (Wildman–Crippen MR) is 112 cm³/mol. The van der Waals surface area contributed by atoms with Gasteiger partial charge in [0.15, 0.2) is 0 Å². The molecule has 2 N–H and O–H groups in total. The number of hydrogen-bond donors (Lipinski definition) is 2. The zero-order valence-electron chi connectivity index (χ0n) is 15.8. The van der Waals surface area contributed by atoms with Crippen LogP contribution in [0.4, 0.5) is 5.69 Å². The topological polar surface area (TPSA) is 58.6 Å². The minimum absolute atomic E-state index is 0.284. The van der Waals surface area contributed by atoms with Gasteiger partial charge in [-0.15, -0.1) is 0 Å². The van der Waals surface area contributed by atoms with Crippen molar-refractivity contribution in [3.8, 4) is 5.75 Å². The molecular formula is C23H22ClNO3. The third-order valence-electron chi connectivity index (χ3n) is 4.53. The van der Waals surface area contributed by atoms with Gasteiger partial charge in [-0.25, -0.2) is 4.79 Å². The second-order valence-electron chi connectivity index (χ2n) is 6.67. The third kappa shape index (κ3) is 4.84. The minimum atomic E-state index is -0.939. The smallest absolute Gasteiger partial charge is 0.336 e. The molecule has 0 bridgehead atoms. The Hall–Kier alpha value is -2.98. The Morgan fingerprint density at radius 1 is 1.07 bits per heavy atom. The lowest BCUT2D eigenvalue weighted by molar-refractivity contribution is 0.0696. The molecule has 5 heteroatoms. The van der Waals surface area contributed by atoms with Crippen LogP contribution in [0.3, 0.4) is 0 Å². The number of aryl methyl sites for hydroxylation is 1. The highest BCUT2D eigenvalue weighted by Crippen LogP contribution is 2.26. The van der Waals surface area contributed by atoms with Crippen molar-refractivity contribution in [1.29, 1.82) is 0 Å². The summed E-state index contributed by atoms with van der Waals surface area (Å²) in [5.41, 5.74) is 4.93. The molecule has 0 aromatic heterocycles. The van der Waals surface area contributed by atoms with E-state index < -0.39 is 5.97 Å². The second kappa shape index (κ2) is 8.81. The fraction of sp³-hybridized carbons (Fsp3) is 0.174. The van der Waals surface area contributed by atoms with Crippen molar-refractivity contribution in [2.75, 3.05) is 5.32 Å². The summed E-state index contributed by atoms with van der Waals surface area (Å²) in [4.78, 5) is 11.3. The maximum absolute atomic E-state index is 11.3. The summed E-state index contributed by atoms with van der Waals surface area (Å²) in [5, 5.41) is 13.2. The molecule has 0 saturated heterocycles. The molecule has 0 unspecified atom stereocenters. The first-order valence-electron chi connectivity index (χ1n) is 8.97. The van der Waals surface area contributed by atoms with Crippen molar-refractivity contribution >= 4 is 23.3 Å². The van der Waals surface area contributed by atoms with Gasteiger partial charge in [-0.1, -0.05) is 47.5 Å². The zero-order chi connectivity index (χ0) is 20.1. The lowest BCUT2D eigenvalue weighted by atomic mass is 10.1. The highest BCUT2D eigenvalue weighted by atomic mass is 35.5. The lowest BCUT2D eigenvalue weighted by Crippen LogP contribution is -2.07. The molecule has 28 heavy (non-hydrogen) atoms. The molecule has 0 radical (unpaired) electrons. The third-order valence-corrected chi connectivity index (χ3v) is 4.77. The van der Waals surface area contributed by atoms with Crippen molar-refractivity contribution in [2.45, 2.75) is 27.0 Å². The fourth-order valence-corrected chi connectivity index (χ4v) is 3.23. The molecule has 3 rings (SSSR count). The molecule has 144 valence electrons. The highest BCUT2D eigenvalue weighted by molar-refractivity contribution is 6.30. The van der Waals surface area contributed by atoms with Crippen molar-refractivity contribution in [3.63, 3.8) is 0 Å². The molecule has 0 aliphatic rings. The molecular weight excluding hydrogens is 374 g/mol. The van der Waals surface area contributed by atoms with E-state index in [0.717, 1.165) is 22.6 Å². The summed E-state index contributed by atoms with van der Waals surface area (Å²) in [6.07, 6.45) is 0. The molecule has 0 saturated carbocycles. The average Bonchev–Trinajstić information content (AvgIpc) is 2.66. The second-order valence-corrected chi connectivity index (χ2v) is 7.10. The first-order chi connectivity index (χ1) is 13.4. The SMILES string of the molecule is Cc1cccc(COc2ccc(Cl)cc2CNc2cccc(C(=O)O)c2C)c1. The number of carboxylic acid groups (broad SMARTS) is 1. The van der Waals surface area contributed by atoms with Gasteiger partial charge in [0.05, 0.1) is 5.56 Å². The molecule has 0 atom stereocenters. The summed E-state index contributed by atoms with van der Waals surface area (Å²) >= 11 is 6.17. The van der Waals surface area contributed by atoms with E-state index in [1.807, 2.05) is 30.3 Å². The van der Waals surface area contributed by atoms with E-state index in [4.69, 9.17) is 16.3 Å². The number of benzene rings is 3. The van der Waals surface area contributed by atoms with Crippen LogP contribution in [0.1, 0.15) is 32.6 Å². The summed E-state index contributed by atoms with van der Waals surface area (Å²) in [7, 11) is 0. The summed E-state index contributed by atoms with van der Waals surface area (Å²) in [6.45, 7) is 4.77. The van der Waals surface area contributed by atoms with Crippen molar-refractivity contribution in [3.05, 3.63) is 93.5 Å². The van der Waals surface area contributed by atoms with Gasteiger partial charge in [-0.3, -0.25) is 0 Å². The van der Waals surface area contributed by atoms with Gasteiger partial charge < -0.3 is 15.2 Å². The van der Waals surface area contributed by atoms with Crippen LogP contribution in [0.15, 0.2) is 60.7 Å². The van der Waals surface area contributed by atoms with Crippen LogP contribution in [0.2, 0.25) is 5.02 Å². The van der Waals surface area contributed by atoms with Crippen molar-refractivity contribution in [2.24, 2.45) is 0 Å². The Kier molecular flexibility index (Phi) is 6.22. The van der Waals surface area contributed by atoms with Crippen LogP contribution in [0.25, 0.3) is 0 Å². The Morgan fingerprint density at radius 3 is 2.61 bits per heavy atom. The van der Waals surface area contributed by atoms with Crippen molar-refractivity contribution < 1.29 is 14.6 Å². The number of aromatic carboxylic acids is 1. The first-order valence-corrected chi connectivity index (χ1v) is 9.35. The van der Waals surface area contributed by atoms with Crippen LogP contribution in [0.5, 0.6) is 5.75 Å². The highest BCUT2D eigenvalue weighted by Gasteiger charge is 2.11. The Morgan fingerprint density at radius 2 is 1.86 bits per heavy atom. The molecule has 0 heterocycles. The molecule has 0 aliphatic carbocycles. The van der Waals surface area contributed by atoms with Gasteiger partial charge in [-0.2, -0.15) is 0 Å². The van der Waals surface area contributed by atoms with Crippen LogP contribution in [0, 0.1) is 13.8 Å². The van der Waals surface area contributed by atoms with Crippen LogP contribution < -0.4 is 10.1 Å². The number of carbonyl (C=O) groups is 1. The summed E-state index contributed by atoms with van der Waals surface area (Å²) in [5.74, 6) is -0.198. The van der Waals surface area contributed by atoms with E-state index in [0.29, 0.717) is 23.7 Å². The molecule has 0 fully saturated rings. The summed E-state index contributed by atoms with van der Waals surface area (Å²) in [6, 6.07) is 18.9. The van der Waals surface area contributed by atoms with Gasteiger partial charge in [0.1, 0.15) is 12.4 Å². The molecule has 0 aliphatic heterocycles. The van der Waals surface area contributed by atoms with Crippen molar-refractivity contribution in [1.82, 2.24) is 0 Å². The normalized spacial score (nSPS) is 10.5. The molecule has 4 nitrogen and oxygen atoms in total. The van der Waals surface area contributed by atoms with E-state index in [-0.39, 0.29) is 5.56 Å². The maximum atomic E-state index is 11.3. The molecule has 0 amide bonds. The van der Waals surface area contributed by atoms with E-state index in [1.54, 1.807) is 25.1 Å². The van der Waals surface area contributed by atoms with E-state index in [2.05, 4.69) is 24.4 Å². The number of hydrogen-bond acceptors (Lipinski definition) is 3. The van der Waals surface area contributed by atoms with E-state index in [1.165, 1.54) is 5.56 Å². The van der Waals surface area contributed by atoms with E-state index in [9.17, 15) is 9.90 Å². The molecule has 3 aromatic rings. The zero-order valence-corrected chi connectivity index (χ0v) is 16.6. The standard InChI is InChI=1S/C23H22ClNO3/c1-15-5-3-6-17(11-15)14-28-22-10-9-19(24)12-18(22)13-25-21-8-4-7-20(16(21)2)23(26)27/h3-12,25H,13-14H2,1-2H3,(H,26,27). The number of ether oxygens (including phenoxy) is 1. The molecule has 0 spiro atoms. The van der Waals surface area contributed by atoms with Crippen LogP contribution in [-0.4, -0.2) is 11.1 Å². The largest absolute Gasteiger partial charge is 0.489 e.